The van der Waals surface area contributed by atoms with Gasteiger partial charge in [-0.05, 0) is 11.6 Å². The first-order valence-electron chi connectivity index (χ1n) is 6.62. The van der Waals surface area contributed by atoms with Crippen LogP contribution >= 0.6 is 23.2 Å². The Bertz CT molecular complexity index is 740. The Kier molecular flexibility index (Phi) is 4.12. The minimum absolute atomic E-state index is 0.305. The van der Waals surface area contributed by atoms with E-state index in [1.54, 1.807) is 30.6 Å². The minimum atomic E-state index is -1.48. The van der Waals surface area contributed by atoms with Crippen LogP contribution in [0.15, 0.2) is 67.3 Å². The summed E-state index contributed by atoms with van der Waals surface area (Å²) in [4.78, 5) is 8.01. The lowest BCUT2D eigenvalue weighted by atomic mass is 9.81. The Hall–Kier alpha value is -1.94. The molecule has 0 radical (unpaired) electrons. The summed E-state index contributed by atoms with van der Waals surface area (Å²) in [6.45, 7) is 0. The zero-order valence-corrected chi connectivity index (χ0v) is 13.0. The molecule has 3 aromatic rings. The predicted molar refractivity (Wildman–Crippen MR) is 87.0 cm³/mol. The maximum absolute atomic E-state index is 11.5. The van der Waals surface area contributed by atoms with Crippen molar-refractivity contribution in [2.75, 3.05) is 0 Å². The molecule has 0 saturated heterocycles. The monoisotopic (exact) mass is 330 g/mol. The number of rotatable bonds is 3. The summed E-state index contributed by atoms with van der Waals surface area (Å²) in [6, 6.07) is 14.4. The molecule has 5 heteroatoms. The highest BCUT2D eigenvalue weighted by Gasteiger charge is 2.36. The minimum Gasteiger partial charge on any atom is -0.376 e. The summed E-state index contributed by atoms with van der Waals surface area (Å²) in [5.41, 5.74) is 0.187. The molecular formula is C17H12Cl2N2O. The summed E-state index contributed by atoms with van der Waals surface area (Å²) in [6.07, 6.45) is 4.54. The zero-order chi connectivity index (χ0) is 15.6. The van der Waals surface area contributed by atoms with Gasteiger partial charge in [-0.3, -0.25) is 0 Å². The lowest BCUT2D eigenvalue weighted by Gasteiger charge is -2.30. The molecule has 0 aliphatic carbocycles. The third-order valence-electron chi connectivity index (χ3n) is 3.51. The SMILES string of the molecule is OC(c1ccccc1)(c1cncnc1)c1cccc(Cl)c1Cl. The largest absolute Gasteiger partial charge is 0.376 e. The van der Waals surface area contributed by atoms with Crippen molar-refractivity contribution in [1.82, 2.24) is 9.97 Å². The van der Waals surface area contributed by atoms with Crippen molar-refractivity contribution < 1.29 is 5.11 Å². The molecule has 1 unspecified atom stereocenters. The normalized spacial score (nSPS) is 13.6. The van der Waals surface area contributed by atoms with Gasteiger partial charge in [-0.25, -0.2) is 9.97 Å². The molecule has 2 aromatic carbocycles. The van der Waals surface area contributed by atoms with E-state index in [2.05, 4.69) is 9.97 Å². The van der Waals surface area contributed by atoms with Crippen LogP contribution in [0.1, 0.15) is 16.7 Å². The standard InChI is InChI=1S/C17H12Cl2N2O/c18-15-8-4-7-14(16(15)19)17(22,12-5-2-1-3-6-12)13-9-20-11-21-10-13/h1-11,22H. The fourth-order valence-corrected chi connectivity index (χ4v) is 2.86. The van der Waals surface area contributed by atoms with Gasteiger partial charge in [0.25, 0.3) is 0 Å². The second-order valence-corrected chi connectivity index (χ2v) is 5.59. The summed E-state index contributed by atoms with van der Waals surface area (Å²) in [7, 11) is 0. The Morgan fingerprint density at radius 3 is 2.18 bits per heavy atom. The molecule has 1 N–H and O–H groups in total. The average Bonchev–Trinajstić information content (AvgIpc) is 2.58. The second kappa shape index (κ2) is 6.05. The van der Waals surface area contributed by atoms with Gasteiger partial charge in [0.2, 0.25) is 0 Å². The summed E-state index contributed by atoms with van der Waals surface area (Å²) >= 11 is 12.5. The van der Waals surface area contributed by atoms with Crippen LogP contribution in [0, 0.1) is 0 Å². The maximum atomic E-state index is 11.5. The van der Waals surface area contributed by atoms with Gasteiger partial charge in [-0.15, -0.1) is 0 Å². The first kappa shape index (κ1) is 15.0. The maximum Gasteiger partial charge on any atom is 0.145 e. The molecule has 0 bridgehead atoms. The van der Waals surface area contributed by atoms with Crippen molar-refractivity contribution in [2.24, 2.45) is 0 Å². The molecule has 0 aliphatic rings. The number of hydrogen-bond donors (Lipinski definition) is 1. The van der Waals surface area contributed by atoms with E-state index >= 15 is 0 Å². The quantitative estimate of drug-likeness (QED) is 0.787. The second-order valence-electron chi connectivity index (χ2n) is 4.80. The highest BCUT2D eigenvalue weighted by Crippen LogP contribution is 2.41. The molecule has 3 nitrogen and oxygen atoms in total. The predicted octanol–water partition coefficient (Wildman–Crippen LogP) is 4.07. The third kappa shape index (κ3) is 2.48. The van der Waals surface area contributed by atoms with Gasteiger partial charge >= 0.3 is 0 Å². The lowest BCUT2D eigenvalue weighted by Crippen LogP contribution is -2.29. The average molecular weight is 331 g/mol. The number of nitrogens with zero attached hydrogens (tertiary/aromatic N) is 2. The van der Waals surface area contributed by atoms with E-state index in [4.69, 9.17) is 23.2 Å². The first-order chi connectivity index (χ1) is 10.6. The molecule has 1 aromatic heterocycles. The topological polar surface area (TPSA) is 46.0 Å². The van der Waals surface area contributed by atoms with Crippen molar-refractivity contribution in [2.45, 2.75) is 5.60 Å². The van der Waals surface area contributed by atoms with Crippen LogP contribution in [0.25, 0.3) is 0 Å². The van der Waals surface area contributed by atoms with Crippen molar-refractivity contribution in [3.8, 4) is 0 Å². The van der Waals surface area contributed by atoms with Crippen molar-refractivity contribution in [1.29, 1.82) is 0 Å². The van der Waals surface area contributed by atoms with E-state index < -0.39 is 5.60 Å². The van der Waals surface area contributed by atoms with Gasteiger partial charge in [0, 0.05) is 23.5 Å². The first-order valence-corrected chi connectivity index (χ1v) is 7.37. The highest BCUT2D eigenvalue weighted by atomic mass is 35.5. The summed E-state index contributed by atoms with van der Waals surface area (Å²) in [5, 5.41) is 12.2. The summed E-state index contributed by atoms with van der Waals surface area (Å²) in [5.74, 6) is 0. The number of halogens is 2. The number of aliphatic hydroxyl groups is 1. The van der Waals surface area contributed by atoms with Gasteiger partial charge in [0.1, 0.15) is 11.9 Å². The van der Waals surface area contributed by atoms with Crippen molar-refractivity contribution in [3.63, 3.8) is 0 Å². The van der Waals surface area contributed by atoms with E-state index in [-0.39, 0.29) is 0 Å². The molecule has 1 atom stereocenters. The molecular weight excluding hydrogens is 319 g/mol. The van der Waals surface area contributed by atoms with Crippen LogP contribution in [0.5, 0.6) is 0 Å². The molecule has 0 amide bonds. The fourth-order valence-electron chi connectivity index (χ4n) is 2.43. The molecule has 0 saturated carbocycles. The van der Waals surface area contributed by atoms with Gasteiger partial charge in [-0.1, -0.05) is 65.7 Å². The van der Waals surface area contributed by atoms with Gasteiger partial charge in [0.05, 0.1) is 10.0 Å². The van der Waals surface area contributed by atoms with Crippen LogP contribution in [-0.2, 0) is 5.60 Å². The van der Waals surface area contributed by atoms with Crippen LogP contribution in [0.4, 0.5) is 0 Å². The van der Waals surface area contributed by atoms with Crippen molar-refractivity contribution >= 4 is 23.2 Å². The van der Waals surface area contributed by atoms with E-state index in [1.807, 2.05) is 30.3 Å². The molecule has 0 spiro atoms. The highest BCUT2D eigenvalue weighted by molar-refractivity contribution is 6.42. The molecule has 110 valence electrons. The zero-order valence-electron chi connectivity index (χ0n) is 11.4. The van der Waals surface area contributed by atoms with Gasteiger partial charge in [-0.2, -0.15) is 0 Å². The Labute approximate surface area is 138 Å². The summed E-state index contributed by atoms with van der Waals surface area (Å²) < 4.78 is 0. The molecule has 0 aliphatic heterocycles. The van der Waals surface area contributed by atoms with Crippen LogP contribution in [-0.4, -0.2) is 15.1 Å². The Morgan fingerprint density at radius 2 is 1.50 bits per heavy atom. The van der Waals surface area contributed by atoms with E-state index in [0.717, 1.165) is 0 Å². The van der Waals surface area contributed by atoms with Crippen LogP contribution in [0.2, 0.25) is 10.0 Å². The van der Waals surface area contributed by atoms with Crippen LogP contribution in [0.3, 0.4) is 0 Å². The Balaban J connectivity index is 2.31. The fraction of sp³-hybridized carbons (Fsp3) is 0.0588. The van der Waals surface area contributed by atoms with E-state index in [1.165, 1.54) is 6.33 Å². The lowest BCUT2D eigenvalue weighted by molar-refractivity contribution is 0.125. The molecule has 22 heavy (non-hydrogen) atoms. The van der Waals surface area contributed by atoms with E-state index in [0.29, 0.717) is 26.7 Å². The number of hydrogen-bond acceptors (Lipinski definition) is 3. The number of aromatic nitrogens is 2. The van der Waals surface area contributed by atoms with Crippen LogP contribution < -0.4 is 0 Å². The van der Waals surface area contributed by atoms with E-state index in [9.17, 15) is 5.11 Å². The third-order valence-corrected chi connectivity index (χ3v) is 4.33. The molecule has 0 fully saturated rings. The van der Waals surface area contributed by atoms with Crippen molar-refractivity contribution in [3.05, 3.63) is 94.0 Å². The molecule has 1 heterocycles. The smallest absolute Gasteiger partial charge is 0.145 e. The number of benzene rings is 2. The molecule has 3 rings (SSSR count). The Morgan fingerprint density at radius 1 is 0.818 bits per heavy atom. The van der Waals surface area contributed by atoms with Gasteiger partial charge in [0.15, 0.2) is 0 Å². The van der Waals surface area contributed by atoms with Gasteiger partial charge < -0.3 is 5.11 Å².